The SMILES string of the molecule is O=CN1CCN(C(=O)CCC(=O)N2CCC(N(C3CC3)S(=O)(=O)c3cccc(C(F)(F)F)c3)CC2)CC1. The summed E-state index contributed by atoms with van der Waals surface area (Å²) < 4.78 is 67.6. The van der Waals surface area contributed by atoms with Crippen molar-refractivity contribution in [3.05, 3.63) is 29.8 Å². The lowest BCUT2D eigenvalue weighted by Gasteiger charge is -2.38. The number of carbonyl (C=O) groups excluding carboxylic acids is 3. The molecule has 1 aromatic rings. The third-order valence-electron chi connectivity index (χ3n) is 7.19. The van der Waals surface area contributed by atoms with E-state index in [0.717, 1.165) is 18.5 Å². The molecule has 0 aromatic heterocycles. The van der Waals surface area contributed by atoms with E-state index >= 15 is 0 Å². The first kappa shape index (κ1) is 27.4. The Morgan fingerprint density at radius 3 is 1.95 bits per heavy atom. The number of hydrogen-bond donors (Lipinski definition) is 0. The van der Waals surface area contributed by atoms with E-state index in [1.54, 1.807) is 14.7 Å². The number of hydrogen-bond acceptors (Lipinski definition) is 5. The molecule has 1 aliphatic carbocycles. The molecule has 0 atom stereocenters. The van der Waals surface area contributed by atoms with Crippen molar-refractivity contribution in [1.29, 1.82) is 0 Å². The molecular formula is C24H31F3N4O5S. The molecule has 2 heterocycles. The number of piperidine rings is 1. The van der Waals surface area contributed by atoms with Gasteiger partial charge in [0, 0.05) is 64.2 Å². The predicted octanol–water partition coefficient (Wildman–Crippen LogP) is 1.93. The van der Waals surface area contributed by atoms with E-state index in [0.29, 0.717) is 71.0 Å². The first-order chi connectivity index (χ1) is 17.5. The third kappa shape index (κ3) is 6.43. The first-order valence-electron chi connectivity index (χ1n) is 12.5. The Balaban J connectivity index is 1.33. The maximum Gasteiger partial charge on any atom is 0.416 e. The number of sulfonamides is 1. The monoisotopic (exact) mass is 544 g/mol. The van der Waals surface area contributed by atoms with E-state index in [1.165, 1.54) is 10.4 Å². The standard InChI is InChI=1S/C24H31F3N4O5S/c25-24(26,27)18-2-1-3-21(16-18)37(35,36)31(19-4-5-19)20-8-10-29(11-9-20)22(33)6-7-23(34)30-14-12-28(17-32)13-15-30/h1-3,16-17,19-20H,4-15H2. The second kappa shape index (κ2) is 11.0. The van der Waals surface area contributed by atoms with Crippen LogP contribution in [-0.4, -0.2) is 97.0 Å². The van der Waals surface area contributed by atoms with Crippen LogP contribution in [0.5, 0.6) is 0 Å². The number of likely N-dealkylation sites (tertiary alicyclic amines) is 1. The van der Waals surface area contributed by atoms with Crippen LogP contribution in [0.2, 0.25) is 0 Å². The number of carbonyl (C=O) groups is 3. The number of rotatable bonds is 8. The molecule has 0 bridgehead atoms. The lowest BCUT2D eigenvalue weighted by atomic mass is 10.0. The molecule has 13 heteroatoms. The number of amides is 3. The fourth-order valence-electron chi connectivity index (χ4n) is 4.95. The molecule has 0 unspecified atom stereocenters. The van der Waals surface area contributed by atoms with Gasteiger partial charge in [0.15, 0.2) is 0 Å². The minimum atomic E-state index is -4.65. The zero-order valence-corrected chi connectivity index (χ0v) is 21.2. The van der Waals surface area contributed by atoms with E-state index < -0.39 is 27.8 Å². The minimum absolute atomic E-state index is 0.0479. The molecule has 0 spiro atoms. The van der Waals surface area contributed by atoms with Gasteiger partial charge in [-0.3, -0.25) is 14.4 Å². The van der Waals surface area contributed by atoms with Crippen LogP contribution in [0.25, 0.3) is 0 Å². The second-order valence-electron chi connectivity index (χ2n) is 9.73. The molecule has 4 rings (SSSR count). The summed E-state index contributed by atoms with van der Waals surface area (Å²) in [4.78, 5) is 40.4. The van der Waals surface area contributed by atoms with E-state index in [1.807, 2.05) is 0 Å². The second-order valence-corrected chi connectivity index (χ2v) is 11.6. The largest absolute Gasteiger partial charge is 0.416 e. The van der Waals surface area contributed by atoms with Crippen molar-refractivity contribution in [1.82, 2.24) is 19.0 Å². The van der Waals surface area contributed by atoms with Gasteiger partial charge in [0.05, 0.1) is 10.5 Å². The van der Waals surface area contributed by atoms with Gasteiger partial charge in [0.25, 0.3) is 0 Å². The molecule has 0 N–H and O–H groups in total. The van der Waals surface area contributed by atoms with Crippen LogP contribution in [0.1, 0.15) is 44.1 Å². The zero-order chi connectivity index (χ0) is 26.8. The Bertz CT molecular complexity index is 1110. The van der Waals surface area contributed by atoms with Crippen LogP contribution < -0.4 is 0 Å². The Hall–Kier alpha value is -2.67. The smallest absolute Gasteiger partial charge is 0.343 e. The van der Waals surface area contributed by atoms with Crippen molar-refractivity contribution in [2.45, 2.75) is 61.7 Å². The van der Waals surface area contributed by atoms with Crippen molar-refractivity contribution in [3.8, 4) is 0 Å². The van der Waals surface area contributed by atoms with E-state index in [4.69, 9.17) is 0 Å². The van der Waals surface area contributed by atoms with Gasteiger partial charge in [0.2, 0.25) is 28.2 Å². The van der Waals surface area contributed by atoms with Crippen molar-refractivity contribution in [3.63, 3.8) is 0 Å². The summed E-state index contributed by atoms with van der Waals surface area (Å²) in [5.41, 5.74) is -1.01. The molecule has 9 nitrogen and oxygen atoms in total. The minimum Gasteiger partial charge on any atom is -0.343 e. The van der Waals surface area contributed by atoms with Gasteiger partial charge in [-0.15, -0.1) is 0 Å². The van der Waals surface area contributed by atoms with Crippen molar-refractivity contribution < 1.29 is 36.0 Å². The topological polar surface area (TPSA) is 98.3 Å². The van der Waals surface area contributed by atoms with Gasteiger partial charge in [-0.25, -0.2) is 8.42 Å². The molecule has 37 heavy (non-hydrogen) atoms. The van der Waals surface area contributed by atoms with Gasteiger partial charge < -0.3 is 14.7 Å². The van der Waals surface area contributed by atoms with Gasteiger partial charge in [-0.2, -0.15) is 17.5 Å². The lowest BCUT2D eigenvalue weighted by molar-refractivity contribution is -0.139. The van der Waals surface area contributed by atoms with E-state index in [2.05, 4.69) is 0 Å². The van der Waals surface area contributed by atoms with Gasteiger partial charge in [-0.1, -0.05) is 6.07 Å². The Labute approximate surface area is 214 Å². The number of benzene rings is 1. The van der Waals surface area contributed by atoms with Crippen LogP contribution in [-0.2, 0) is 30.6 Å². The van der Waals surface area contributed by atoms with Crippen LogP contribution in [0.3, 0.4) is 0 Å². The molecule has 2 saturated heterocycles. The quantitative estimate of drug-likeness (QED) is 0.466. The zero-order valence-electron chi connectivity index (χ0n) is 20.4. The predicted molar refractivity (Wildman–Crippen MR) is 127 cm³/mol. The first-order valence-corrected chi connectivity index (χ1v) is 13.9. The highest BCUT2D eigenvalue weighted by atomic mass is 32.2. The summed E-state index contributed by atoms with van der Waals surface area (Å²) in [6.45, 7) is 2.45. The van der Waals surface area contributed by atoms with Gasteiger partial charge in [0.1, 0.15) is 0 Å². The van der Waals surface area contributed by atoms with Gasteiger partial charge in [-0.05, 0) is 43.9 Å². The number of alkyl halides is 3. The fourth-order valence-corrected chi connectivity index (χ4v) is 6.93. The molecule has 2 aliphatic heterocycles. The average molecular weight is 545 g/mol. The summed E-state index contributed by atoms with van der Waals surface area (Å²) in [6, 6.07) is 3.16. The molecule has 1 saturated carbocycles. The van der Waals surface area contributed by atoms with Gasteiger partial charge >= 0.3 is 6.18 Å². The Morgan fingerprint density at radius 2 is 1.43 bits per heavy atom. The normalized spacial score (nSPS) is 19.8. The van der Waals surface area contributed by atoms with Crippen LogP contribution in [0.4, 0.5) is 13.2 Å². The van der Waals surface area contributed by atoms with E-state index in [-0.39, 0.29) is 35.6 Å². The lowest BCUT2D eigenvalue weighted by Crippen LogP contribution is -2.50. The van der Waals surface area contributed by atoms with Crippen molar-refractivity contribution >= 4 is 28.2 Å². The summed E-state index contributed by atoms with van der Waals surface area (Å²) in [7, 11) is -4.14. The number of nitrogens with zero attached hydrogens (tertiary/aromatic N) is 4. The highest BCUT2D eigenvalue weighted by molar-refractivity contribution is 7.89. The van der Waals surface area contributed by atoms with E-state index in [9.17, 15) is 36.0 Å². The fraction of sp³-hybridized carbons (Fsp3) is 0.625. The van der Waals surface area contributed by atoms with Crippen LogP contribution >= 0.6 is 0 Å². The Kier molecular flexibility index (Phi) is 8.12. The average Bonchev–Trinajstić information content (AvgIpc) is 3.72. The summed E-state index contributed by atoms with van der Waals surface area (Å²) in [5.74, 6) is -0.321. The Morgan fingerprint density at radius 1 is 0.892 bits per heavy atom. The maximum atomic E-state index is 13.4. The highest BCUT2D eigenvalue weighted by Gasteiger charge is 2.44. The molecule has 3 amide bonds. The van der Waals surface area contributed by atoms with Crippen LogP contribution in [0, 0.1) is 0 Å². The summed E-state index contributed by atoms with van der Waals surface area (Å²) in [5, 5.41) is 0. The molecule has 3 fully saturated rings. The molecular weight excluding hydrogens is 513 g/mol. The summed E-state index contributed by atoms with van der Waals surface area (Å²) >= 11 is 0. The highest BCUT2D eigenvalue weighted by Crippen LogP contribution is 2.38. The molecule has 204 valence electrons. The number of piperazine rings is 1. The van der Waals surface area contributed by atoms with Crippen LogP contribution in [0.15, 0.2) is 29.2 Å². The number of halogens is 3. The molecule has 3 aliphatic rings. The third-order valence-corrected chi connectivity index (χ3v) is 9.19. The molecule has 0 radical (unpaired) electrons. The van der Waals surface area contributed by atoms with Crippen molar-refractivity contribution in [2.75, 3.05) is 39.3 Å². The summed E-state index contributed by atoms with van der Waals surface area (Å²) in [6.07, 6.45) is -1.72. The molecule has 1 aromatic carbocycles. The maximum absolute atomic E-state index is 13.4. The van der Waals surface area contributed by atoms with Crippen molar-refractivity contribution in [2.24, 2.45) is 0 Å².